The molecule has 1 aliphatic rings. The molecule has 0 spiro atoms. The lowest BCUT2D eigenvalue weighted by Gasteiger charge is -2.01. The Labute approximate surface area is 46.5 Å². The number of hydrogen-bond donors (Lipinski definition) is 0. The van der Waals surface area contributed by atoms with Crippen molar-refractivity contribution in [1.29, 1.82) is 0 Å². The van der Waals surface area contributed by atoms with E-state index in [2.05, 4.69) is 4.84 Å². The standard InChI is InChI=1S/C4H7NO3/c1-4(2-3-4)8-5(6)7/h2-3H2,1H3. The summed E-state index contributed by atoms with van der Waals surface area (Å²) >= 11 is 0. The van der Waals surface area contributed by atoms with Crippen LogP contribution in [0.5, 0.6) is 0 Å². The van der Waals surface area contributed by atoms with Crippen LogP contribution >= 0.6 is 0 Å². The maximum absolute atomic E-state index is 9.64. The second-order valence-corrected chi connectivity index (χ2v) is 2.26. The molecule has 0 heterocycles. The van der Waals surface area contributed by atoms with Gasteiger partial charge in [0.05, 0.1) is 0 Å². The van der Waals surface area contributed by atoms with Crippen LogP contribution in [-0.4, -0.2) is 10.7 Å². The number of hydrogen-bond acceptors (Lipinski definition) is 3. The van der Waals surface area contributed by atoms with Crippen LogP contribution in [-0.2, 0) is 4.84 Å². The van der Waals surface area contributed by atoms with E-state index in [1.165, 1.54) is 0 Å². The van der Waals surface area contributed by atoms with E-state index in [-0.39, 0.29) is 0 Å². The van der Waals surface area contributed by atoms with Gasteiger partial charge in [0.15, 0.2) is 0 Å². The third kappa shape index (κ3) is 1.08. The van der Waals surface area contributed by atoms with Crippen molar-refractivity contribution in [2.24, 2.45) is 0 Å². The van der Waals surface area contributed by atoms with Crippen molar-refractivity contribution in [3.63, 3.8) is 0 Å². The van der Waals surface area contributed by atoms with Gasteiger partial charge in [-0.2, -0.15) is 0 Å². The van der Waals surface area contributed by atoms with Gasteiger partial charge in [0, 0.05) is 0 Å². The average molecular weight is 117 g/mol. The molecule has 0 unspecified atom stereocenters. The Kier molecular flexibility index (Phi) is 0.892. The zero-order valence-corrected chi connectivity index (χ0v) is 4.59. The third-order valence-corrected chi connectivity index (χ3v) is 1.25. The van der Waals surface area contributed by atoms with Gasteiger partial charge in [0.1, 0.15) is 5.60 Å². The van der Waals surface area contributed by atoms with Crippen molar-refractivity contribution in [1.82, 2.24) is 0 Å². The first kappa shape index (κ1) is 5.34. The molecule has 0 bridgehead atoms. The molecule has 1 rings (SSSR count). The average Bonchev–Trinajstić information content (AvgIpc) is 2.17. The monoisotopic (exact) mass is 117 g/mol. The minimum Gasteiger partial charge on any atom is -0.308 e. The van der Waals surface area contributed by atoms with Gasteiger partial charge in [-0.1, -0.05) is 0 Å². The van der Waals surface area contributed by atoms with Gasteiger partial charge in [-0.3, -0.25) is 0 Å². The van der Waals surface area contributed by atoms with Crippen LogP contribution < -0.4 is 0 Å². The molecule has 0 amide bonds. The van der Waals surface area contributed by atoms with E-state index in [1.54, 1.807) is 6.92 Å². The predicted molar refractivity (Wildman–Crippen MR) is 25.7 cm³/mol. The van der Waals surface area contributed by atoms with Crippen molar-refractivity contribution in [3.8, 4) is 0 Å². The Morgan fingerprint density at radius 2 is 2.25 bits per heavy atom. The van der Waals surface area contributed by atoms with Crippen molar-refractivity contribution in [2.75, 3.05) is 0 Å². The molecule has 0 N–H and O–H groups in total. The molecule has 4 nitrogen and oxygen atoms in total. The minimum atomic E-state index is -0.729. The summed E-state index contributed by atoms with van der Waals surface area (Å²) in [6.07, 6.45) is 1.63. The van der Waals surface area contributed by atoms with E-state index in [0.29, 0.717) is 0 Å². The van der Waals surface area contributed by atoms with Crippen LogP contribution in [0, 0.1) is 10.1 Å². The zero-order chi connectivity index (χ0) is 6.20. The van der Waals surface area contributed by atoms with Crippen LogP contribution in [0.1, 0.15) is 19.8 Å². The van der Waals surface area contributed by atoms with Gasteiger partial charge in [-0.15, -0.1) is 10.1 Å². The van der Waals surface area contributed by atoms with Crippen molar-refractivity contribution in [3.05, 3.63) is 10.1 Å². The maximum atomic E-state index is 9.64. The third-order valence-electron chi connectivity index (χ3n) is 1.25. The highest BCUT2D eigenvalue weighted by Gasteiger charge is 2.41. The Bertz CT molecular complexity index is 118. The zero-order valence-electron chi connectivity index (χ0n) is 4.59. The van der Waals surface area contributed by atoms with Crippen LogP contribution in [0.4, 0.5) is 0 Å². The van der Waals surface area contributed by atoms with E-state index in [0.717, 1.165) is 12.8 Å². The first-order chi connectivity index (χ1) is 3.62. The molecule has 0 aromatic rings. The van der Waals surface area contributed by atoms with Gasteiger partial charge in [0.25, 0.3) is 5.09 Å². The van der Waals surface area contributed by atoms with E-state index < -0.39 is 10.7 Å². The normalized spacial score (nSPS) is 22.1. The van der Waals surface area contributed by atoms with E-state index >= 15 is 0 Å². The Morgan fingerprint density at radius 1 is 1.75 bits per heavy atom. The quantitative estimate of drug-likeness (QED) is 0.396. The van der Waals surface area contributed by atoms with Gasteiger partial charge in [-0.25, -0.2) is 0 Å². The fraction of sp³-hybridized carbons (Fsp3) is 1.00. The fourth-order valence-corrected chi connectivity index (χ4v) is 0.447. The molecular weight excluding hydrogens is 110 g/mol. The van der Waals surface area contributed by atoms with Gasteiger partial charge >= 0.3 is 0 Å². The molecule has 1 aliphatic carbocycles. The Balaban J connectivity index is 2.29. The number of rotatable bonds is 2. The SMILES string of the molecule is CC1(O[N+](=O)[O-])CC1. The summed E-state index contributed by atoms with van der Waals surface area (Å²) < 4.78 is 0. The molecule has 0 atom stereocenters. The molecule has 0 saturated heterocycles. The first-order valence-electron chi connectivity index (χ1n) is 2.46. The summed E-state index contributed by atoms with van der Waals surface area (Å²) in [6.45, 7) is 1.73. The lowest BCUT2D eigenvalue weighted by Crippen LogP contribution is -2.13. The lowest BCUT2D eigenvalue weighted by atomic mass is 10.4. The van der Waals surface area contributed by atoms with E-state index in [1.807, 2.05) is 0 Å². The Hall–Kier alpha value is -0.800. The predicted octanol–water partition coefficient (Wildman–Crippen LogP) is 0.747. The highest BCUT2D eigenvalue weighted by Crippen LogP contribution is 2.38. The van der Waals surface area contributed by atoms with Crippen LogP contribution in [0.25, 0.3) is 0 Å². The van der Waals surface area contributed by atoms with Crippen LogP contribution in [0.15, 0.2) is 0 Å². The van der Waals surface area contributed by atoms with Gasteiger partial charge in [-0.05, 0) is 19.8 Å². The van der Waals surface area contributed by atoms with Gasteiger partial charge < -0.3 is 4.84 Å². The molecule has 0 aromatic carbocycles. The molecule has 8 heavy (non-hydrogen) atoms. The van der Waals surface area contributed by atoms with Crippen LogP contribution in [0.3, 0.4) is 0 Å². The first-order valence-corrected chi connectivity index (χ1v) is 2.46. The number of nitrogens with zero attached hydrogens (tertiary/aromatic N) is 1. The Morgan fingerprint density at radius 3 is 2.38 bits per heavy atom. The highest BCUT2D eigenvalue weighted by atomic mass is 17.0. The van der Waals surface area contributed by atoms with E-state index in [4.69, 9.17) is 0 Å². The molecule has 0 aromatic heterocycles. The summed E-state index contributed by atoms with van der Waals surface area (Å²) in [4.78, 5) is 13.9. The maximum Gasteiger partial charge on any atom is 0.295 e. The molecule has 4 heteroatoms. The van der Waals surface area contributed by atoms with E-state index in [9.17, 15) is 10.1 Å². The van der Waals surface area contributed by atoms with Crippen LogP contribution in [0.2, 0.25) is 0 Å². The summed E-state index contributed by atoms with van der Waals surface area (Å²) in [5, 5.41) is 8.91. The van der Waals surface area contributed by atoms with Gasteiger partial charge in [0.2, 0.25) is 0 Å². The molecule has 0 radical (unpaired) electrons. The largest absolute Gasteiger partial charge is 0.308 e. The molecule has 0 aliphatic heterocycles. The second-order valence-electron chi connectivity index (χ2n) is 2.26. The minimum absolute atomic E-state index is 0.427. The molecule has 1 fully saturated rings. The smallest absolute Gasteiger partial charge is 0.295 e. The fourth-order valence-electron chi connectivity index (χ4n) is 0.447. The highest BCUT2D eigenvalue weighted by molar-refractivity contribution is 4.88. The summed E-state index contributed by atoms with van der Waals surface area (Å²) in [5.74, 6) is 0. The summed E-state index contributed by atoms with van der Waals surface area (Å²) in [6, 6.07) is 0. The molecular formula is C4H7NO3. The topological polar surface area (TPSA) is 52.4 Å². The summed E-state index contributed by atoms with van der Waals surface area (Å²) in [5.41, 5.74) is -0.427. The van der Waals surface area contributed by atoms with Crippen molar-refractivity contribution < 1.29 is 9.92 Å². The lowest BCUT2D eigenvalue weighted by molar-refractivity contribution is -0.772. The van der Waals surface area contributed by atoms with Crippen molar-refractivity contribution in [2.45, 2.75) is 25.4 Å². The van der Waals surface area contributed by atoms with Crippen molar-refractivity contribution >= 4 is 0 Å². The second kappa shape index (κ2) is 1.34. The summed E-state index contributed by atoms with van der Waals surface area (Å²) in [7, 11) is 0. The molecule has 1 saturated carbocycles. The molecule has 46 valence electrons.